The number of hydrogen-bond donors (Lipinski definition) is 2. The lowest BCUT2D eigenvalue weighted by Gasteiger charge is -2.29. The van der Waals surface area contributed by atoms with E-state index in [9.17, 15) is 9.59 Å². The summed E-state index contributed by atoms with van der Waals surface area (Å²) in [6.07, 6.45) is 2.49. The Bertz CT molecular complexity index is 375. The first-order valence-electron chi connectivity index (χ1n) is 6.86. The van der Waals surface area contributed by atoms with Crippen LogP contribution in [0, 0.1) is 0 Å². The van der Waals surface area contributed by atoms with Gasteiger partial charge in [0, 0.05) is 18.7 Å². The van der Waals surface area contributed by atoms with Crippen molar-refractivity contribution in [3.05, 3.63) is 0 Å². The van der Waals surface area contributed by atoms with E-state index in [1.54, 1.807) is 23.6 Å². The van der Waals surface area contributed by atoms with Crippen molar-refractivity contribution in [2.24, 2.45) is 0 Å². The van der Waals surface area contributed by atoms with Gasteiger partial charge in [-0.1, -0.05) is 0 Å². The van der Waals surface area contributed by atoms with Crippen LogP contribution in [0.2, 0.25) is 0 Å². The molecule has 19 heavy (non-hydrogen) atoms. The smallest absolute Gasteiger partial charge is 0.243 e. The molecule has 2 fully saturated rings. The number of fused-ring (bicyclic) bond motifs is 1. The molecule has 0 aromatic carbocycles. The van der Waals surface area contributed by atoms with E-state index in [0.29, 0.717) is 25.1 Å². The molecule has 2 aliphatic rings. The lowest BCUT2D eigenvalue weighted by Crippen LogP contribution is -2.50. The second kappa shape index (κ2) is 5.71. The van der Waals surface area contributed by atoms with E-state index in [1.807, 2.05) is 6.92 Å². The number of aliphatic hydroxyl groups excluding tert-OH is 1. The maximum Gasteiger partial charge on any atom is 0.243 e. The molecule has 0 aromatic heterocycles. The monoisotopic (exact) mass is 286 g/mol. The molecule has 2 N–H and O–H groups in total. The fourth-order valence-electron chi connectivity index (χ4n) is 2.74. The number of carbonyl (C=O) groups excluding carboxylic acids is 2. The predicted molar refractivity (Wildman–Crippen MR) is 74.7 cm³/mol. The Hall–Kier alpha value is -0.750. The lowest BCUT2D eigenvalue weighted by atomic mass is 10.2. The van der Waals surface area contributed by atoms with Crippen molar-refractivity contribution in [1.82, 2.24) is 10.2 Å². The number of hydrogen-bond acceptors (Lipinski definition) is 4. The number of rotatable bonds is 5. The van der Waals surface area contributed by atoms with Crippen molar-refractivity contribution in [2.45, 2.75) is 56.5 Å². The number of carbonyl (C=O) groups is 2. The standard InChI is InChI=1S/C13H22N2O3S/c1-9(16)4-3-7-14-12(18)10-8-19-13(2)6-5-11(17)15(10)13/h9-10,16H,3-8H2,1-2H3,(H,14,18). The summed E-state index contributed by atoms with van der Waals surface area (Å²) in [5, 5.41) is 12.0. The predicted octanol–water partition coefficient (Wildman–Crippen LogP) is 0.718. The highest BCUT2D eigenvalue weighted by atomic mass is 32.2. The Morgan fingerprint density at radius 2 is 2.42 bits per heavy atom. The van der Waals surface area contributed by atoms with Crippen LogP contribution in [0.15, 0.2) is 0 Å². The lowest BCUT2D eigenvalue weighted by molar-refractivity contribution is -0.137. The quantitative estimate of drug-likeness (QED) is 0.731. The first-order chi connectivity index (χ1) is 8.94. The average molecular weight is 286 g/mol. The average Bonchev–Trinajstić information content (AvgIpc) is 2.82. The zero-order valence-electron chi connectivity index (χ0n) is 11.5. The van der Waals surface area contributed by atoms with Crippen LogP contribution in [0.5, 0.6) is 0 Å². The molecule has 0 radical (unpaired) electrons. The fraction of sp³-hybridized carbons (Fsp3) is 0.846. The van der Waals surface area contributed by atoms with E-state index in [-0.39, 0.29) is 28.8 Å². The molecule has 0 saturated carbocycles. The third kappa shape index (κ3) is 3.05. The minimum absolute atomic E-state index is 0.0583. The molecule has 0 aliphatic carbocycles. The Morgan fingerprint density at radius 1 is 1.68 bits per heavy atom. The Kier molecular flexibility index (Phi) is 4.40. The Labute approximate surface area is 118 Å². The minimum atomic E-state index is -0.331. The SMILES string of the molecule is CC(O)CCCNC(=O)C1CSC2(C)CCC(=O)N12. The van der Waals surface area contributed by atoms with E-state index < -0.39 is 0 Å². The molecule has 0 bridgehead atoms. The van der Waals surface area contributed by atoms with Crippen LogP contribution in [-0.4, -0.2) is 51.1 Å². The molecule has 3 unspecified atom stereocenters. The van der Waals surface area contributed by atoms with E-state index in [4.69, 9.17) is 5.11 Å². The molecule has 2 rings (SSSR count). The van der Waals surface area contributed by atoms with Gasteiger partial charge in [0.2, 0.25) is 11.8 Å². The largest absolute Gasteiger partial charge is 0.393 e. The molecule has 108 valence electrons. The van der Waals surface area contributed by atoms with Crippen LogP contribution < -0.4 is 5.32 Å². The van der Waals surface area contributed by atoms with Gasteiger partial charge >= 0.3 is 0 Å². The highest BCUT2D eigenvalue weighted by Gasteiger charge is 2.52. The van der Waals surface area contributed by atoms with E-state index in [2.05, 4.69) is 5.32 Å². The van der Waals surface area contributed by atoms with Crippen LogP contribution in [-0.2, 0) is 9.59 Å². The highest BCUT2D eigenvalue weighted by Crippen LogP contribution is 2.47. The van der Waals surface area contributed by atoms with Crippen molar-refractivity contribution >= 4 is 23.6 Å². The number of thioether (sulfide) groups is 1. The van der Waals surface area contributed by atoms with Gasteiger partial charge in [-0.25, -0.2) is 0 Å². The van der Waals surface area contributed by atoms with Crippen molar-refractivity contribution in [3.8, 4) is 0 Å². The van der Waals surface area contributed by atoms with E-state index in [0.717, 1.165) is 12.8 Å². The molecule has 0 aromatic rings. The maximum atomic E-state index is 12.1. The van der Waals surface area contributed by atoms with Gasteiger partial charge < -0.3 is 15.3 Å². The first kappa shape index (κ1) is 14.7. The highest BCUT2D eigenvalue weighted by molar-refractivity contribution is 8.01. The Morgan fingerprint density at radius 3 is 3.11 bits per heavy atom. The second-order valence-corrected chi connectivity index (χ2v) is 7.05. The molecule has 3 atom stereocenters. The van der Waals surface area contributed by atoms with E-state index in [1.165, 1.54) is 0 Å². The number of nitrogens with zero attached hydrogens (tertiary/aromatic N) is 1. The van der Waals surface area contributed by atoms with Gasteiger partial charge in [0.1, 0.15) is 6.04 Å². The van der Waals surface area contributed by atoms with Gasteiger partial charge in [-0.2, -0.15) is 0 Å². The molecule has 2 amide bonds. The third-order valence-electron chi connectivity index (χ3n) is 3.85. The minimum Gasteiger partial charge on any atom is -0.393 e. The van der Waals surface area contributed by atoms with Gasteiger partial charge in [-0.05, 0) is 33.1 Å². The summed E-state index contributed by atoms with van der Waals surface area (Å²) in [5.41, 5.74) is 0. The number of nitrogens with one attached hydrogen (secondary N) is 1. The van der Waals surface area contributed by atoms with Crippen molar-refractivity contribution < 1.29 is 14.7 Å². The summed E-state index contributed by atoms with van der Waals surface area (Å²) < 4.78 is 0. The second-order valence-electron chi connectivity index (χ2n) is 5.55. The molecule has 2 aliphatic heterocycles. The van der Waals surface area contributed by atoms with Crippen molar-refractivity contribution in [3.63, 3.8) is 0 Å². The van der Waals surface area contributed by atoms with Crippen LogP contribution in [0.3, 0.4) is 0 Å². The van der Waals surface area contributed by atoms with Crippen molar-refractivity contribution in [2.75, 3.05) is 12.3 Å². The van der Waals surface area contributed by atoms with Gasteiger partial charge in [-0.15, -0.1) is 11.8 Å². The summed E-state index contributed by atoms with van der Waals surface area (Å²) in [5.74, 6) is 0.721. The molecule has 2 heterocycles. The fourth-order valence-corrected chi connectivity index (χ4v) is 4.17. The first-order valence-corrected chi connectivity index (χ1v) is 7.84. The molecular formula is C13H22N2O3S. The zero-order valence-corrected chi connectivity index (χ0v) is 12.3. The normalized spacial score (nSPS) is 31.4. The summed E-state index contributed by atoms with van der Waals surface area (Å²) in [6.45, 7) is 4.34. The molecule has 5 nitrogen and oxygen atoms in total. The topological polar surface area (TPSA) is 69.6 Å². The zero-order chi connectivity index (χ0) is 14.0. The molecular weight excluding hydrogens is 264 g/mol. The molecule has 2 saturated heterocycles. The van der Waals surface area contributed by atoms with Crippen molar-refractivity contribution in [1.29, 1.82) is 0 Å². The van der Waals surface area contributed by atoms with Crippen LogP contribution in [0.4, 0.5) is 0 Å². The number of amides is 2. The maximum absolute atomic E-state index is 12.1. The molecule has 0 spiro atoms. The van der Waals surface area contributed by atoms with Gasteiger partial charge in [0.25, 0.3) is 0 Å². The van der Waals surface area contributed by atoms with Gasteiger partial charge in [0.05, 0.1) is 11.0 Å². The summed E-state index contributed by atoms with van der Waals surface area (Å²) >= 11 is 1.70. The Balaban J connectivity index is 1.85. The van der Waals surface area contributed by atoms with Crippen LogP contribution >= 0.6 is 11.8 Å². The summed E-state index contributed by atoms with van der Waals surface area (Å²) in [4.78, 5) is 25.6. The van der Waals surface area contributed by atoms with Crippen LogP contribution in [0.1, 0.15) is 39.5 Å². The number of aliphatic hydroxyl groups is 1. The summed E-state index contributed by atoms with van der Waals surface area (Å²) in [7, 11) is 0. The van der Waals surface area contributed by atoms with Gasteiger partial charge in [-0.3, -0.25) is 9.59 Å². The van der Waals surface area contributed by atoms with Crippen LogP contribution in [0.25, 0.3) is 0 Å². The van der Waals surface area contributed by atoms with Gasteiger partial charge in [0.15, 0.2) is 0 Å². The van der Waals surface area contributed by atoms with E-state index >= 15 is 0 Å². The summed E-state index contributed by atoms with van der Waals surface area (Å²) in [6, 6.07) is -0.323. The third-order valence-corrected chi connectivity index (χ3v) is 5.35. The molecule has 6 heteroatoms.